The van der Waals surface area contributed by atoms with Crippen LogP contribution in [0.15, 0.2) is 57.9 Å². The smallest absolute Gasteiger partial charge is 0.268 e. The van der Waals surface area contributed by atoms with Crippen LogP contribution in [0.1, 0.15) is 37.5 Å². The number of rotatable bonds is 3. The van der Waals surface area contributed by atoms with E-state index in [0.29, 0.717) is 4.91 Å². The van der Waals surface area contributed by atoms with Crippen LogP contribution >= 0.6 is 27.7 Å². The highest BCUT2D eigenvalue weighted by molar-refractivity contribution is 9.10. The van der Waals surface area contributed by atoms with Crippen molar-refractivity contribution >= 4 is 44.9 Å². The molecule has 26 heavy (non-hydrogen) atoms. The molecule has 0 spiro atoms. The number of benzene rings is 2. The van der Waals surface area contributed by atoms with Crippen LogP contribution in [0.4, 0.5) is 4.79 Å². The molecule has 0 radical (unpaired) electrons. The molecule has 3 rings (SSSR count). The minimum Gasteiger partial charge on any atom is -0.268 e. The predicted octanol–water partition coefficient (Wildman–Crippen LogP) is 5.98. The Morgan fingerprint density at radius 3 is 2.19 bits per heavy atom. The summed E-state index contributed by atoms with van der Waals surface area (Å²) in [5.41, 5.74) is 3.16. The van der Waals surface area contributed by atoms with Gasteiger partial charge in [0.05, 0.1) is 11.4 Å². The van der Waals surface area contributed by atoms with Crippen LogP contribution in [0, 0.1) is 0 Å². The average molecular weight is 430 g/mol. The van der Waals surface area contributed by atoms with Crippen LogP contribution in [-0.2, 0) is 16.8 Å². The van der Waals surface area contributed by atoms with Gasteiger partial charge in [0.2, 0.25) is 0 Å². The first kappa shape index (κ1) is 18.9. The fraction of sp³-hybridized carbons (Fsp3) is 0.238. The minimum atomic E-state index is -0.234. The van der Waals surface area contributed by atoms with Crippen LogP contribution in [0.25, 0.3) is 6.08 Å². The average Bonchev–Trinajstić information content (AvgIpc) is 2.84. The summed E-state index contributed by atoms with van der Waals surface area (Å²) in [5, 5.41) is -0.226. The number of imide groups is 1. The SMILES string of the molecule is CC(C)(C)c1ccc(/C=C2\SC(=O)N(Cc3ccc(Br)cc3)C2=O)cc1. The van der Waals surface area contributed by atoms with Gasteiger partial charge in [0.1, 0.15) is 0 Å². The molecule has 0 N–H and O–H groups in total. The predicted molar refractivity (Wildman–Crippen MR) is 111 cm³/mol. The first-order chi connectivity index (χ1) is 12.2. The Balaban J connectivity index is 1.77. The van der Waals surface area contributed by atoms with E-state index in [4.69, 9.17) is 0 Å². The van der Waals surface area contributed by atoms with E-state index >= 15 is 0 Å². The number of hydrogen-bond donors (Lipinski definition) is 0. The Morgan fingerprint density at radius 2 is 1.62 bits per heavy atom. The van der Waals surface area contributed by atoms with Gasteiger partial charge in [0, 0.05) is 4.47 Å². The lowest BCUT2D eigenvalue weighted by molar-refractivity contribution is -0.123. The van der Waals surface area contributed by atoms with Gasteiger partial charge in [-0.3, -0.25) is 14.5 Å². The topological polar surface area (TPSA) is 37.4 Å². The summed E-state index contributed by atoms with van der Waals surface area (Å²) in [6.07, 6.45) is 1.79. The molecule has 2 amide bonds. The van der Waals surface area contributed by atoms with Crippen LogP contribution in [0.3, 0.4) is 0 Å². The summed E-state index contributed by atoms with van der Waals surface area (Å²) >= 11 is 4.38. The summed E-state index contributed by atoms with van der Waals surface area (Å²) in [7, 11) is 0. The maximum Gasteiger partial charge on any atom is 0.293 e. The largest absolute Gasteiger partial charge is 0.293 e. The first-order valence-electron chi connectivity index (χ1n) is 8.34. The van der Waals surface area contributed by atoms with Gasteiger partial charge < -0.3 is 0 Å². The van der Waals surface area contributed by atoms with E-state index in [1.807, 2.05) is 36.4 Å². The number of halogens is 1. The van der Waals surface area contributed by atoms with Crippen molar-refractivity contribution in [2.75, 3.05) is 0 Å². The lowest BCUT2D eigenvalue weighted by Crippen LogP contribution is -2.27. The van der Waals surface area contributed by atoms with E-state index in [1.165, 1.54) is 10.5 Å². The molecular weight excluding hydrogens is 410 g/mol. The van der Waals surface area contributed by atoms with Gasteiger partial charge in [-0.15, -0.1) is 0 Å². The third-order valence-electron chi connectivity index (χ3n) is 4.20. The Morgan fingerprint density at radius 1 is 1.00 bits per heavy atom. The summed E-state index contributed by atoms with van der Waals surface area (Å²) in [4.78, 5) is 26.6. The van der Waals surface area contributed by atoms with Gasteiger partial charge >= 0.3 is 0 Å². The number of carbonyl (C=O) groups is 2. The molecule has 0 aromatic heterocycles. The molecule has 0 bridgehead atoms. The zero-order valence-electron chi connectivity index (χ0n) is 15.0. The van der Waals surface area contributed by atoms with E-state index in [9.17, 15) is 9.59 Å². The quantitative estimate of drug-likeness (QED) is 0.562. The first-order valence-corrected chi connectivity index (χ1v) is 9.95. The molecule has 0 aliphatic carbocycles. The maximum absolute atomic E-state index is 12.6. The monoisotopic (exact) mass is 429 g/mol. The van der Waals surface area contributed by atoms with Gasteiger partial charge in [-0.2, -0.15) is 0 Å². The van der Waals surface area contributed by atoms with E-state index in [1.54, 1.807) is 6.08 Å². The van der Waals surface area contributed by atoms with E-state index in [0.717, 1.165) is 27.4 Å². The van der Waals surface area contributed by atoms with Gasteiger partial charge in [0.15, 0.2) is 0 Å². The Labute approximate surface area is 166 Å². The van der Waals surface area contributed by atoms with Crippen LogP contribution in [0.5, 0.6) is 0 Å². The standard InChI is InChI=1S/C21H20BrNO2S/c1-21(2,3)16-8-4-14(5-9-16)12-18-19(24)23(20(25)26-18)13-15-6-10-17(22)11-7-15/h4-12H,13H2,1-3H3/b18-12-. The highest BCUT2D eigenvalue weighted by Gasteiger charge is 2.34. The fourth-order valence-electron chi connectivity index (χ4n) is 2.64. The summed E-state index contributed by atoms with van der Waals surface area (Å²) in [6.45, 7) is 6.78. The van der Waals surface area contributed by atoms with Gasteiger partial charge in [-0.05, 0) is 52.1 Å². The zero-order chi connectivity index (χ0) is 18.9. The molecule has 134 valence electrons. The minimum absolute atomic E-state index is 0.0844. The molecule has 1 saturated heterocycles. The molecular formula is C21H20BrNO2S. The molecule has 2 aromatic rings. The Bertz CT molecular complexity index is 864. The molecule has 1 aliphatic rings. The van der Waals surface area contributed by atoms with Crippen molar-refractivity contribution < 1.29 is 9.59 Å². The Kier molecular flexibility index (Phi) is 5.39. The lowest BCUT2D eigenvalue weighted by Gasteiger charge is -2.18. The molecule has 0 atom stereocenters. The number of nitrogens with zero attached hydrogens (tertiary/aromatic N) is 1. The maximum atomic E-state index is 12.6. The highest BCUT2D eigenvalue weighted by atomic mass is 79.9. The Hall–Kier alpha value is -1.85. The second kappa shape index (κ2) is 7.41. The van der Waals surface area contributed by atoms with Crippen molar-refractivity contribution in [1.29, 1.82) is 0 Å². The molecule has 1 aliphatic heterocycles. The molecule has 3 nitrogen and oxygen atoms in total. The van der Waals surface area contributed by atoms with Crippen molar-refractivity contribution in [2.45, 2.75) is 32.7 Å². The zero-order valence-corrected chi connectivity index (χ0v) is 17.4. The molecule has 0 saturated carbocycles. The highest BCUT2D eigenvalue weighted by Crippen LogP contribution is 2.33. The number of carbonyl (C=O) groups excluding carboxylic acids is 2. The van der Waals surface area contributed by atoms with E-state index in [2.05, 4.69) is 48.8 Å². The van der Waals surface area contributed by atoms with Crippen LogP contribution in [0.2, 0.25) is 0 Å². The molecule has 1 heterocycles. The van der Waals surface area contributed by atoms with Gasteiger partial charge in [-0.25, -0.2) is 0 Å². The van der Waals surface area contributed by atoms with Gasteiger partial charge in [-0.1, -0.05) is 73.1 Å². The van der Waals surface area contributed by atoms with Gasteiger partial charge in [0.25, 0.3) is 11.1 Å². The second-order valence-corrected chi connectivity index (χ2v) is 9.18. The van der Waals surface area contributed by atoms with Crippen molar-refractivity contribution in [3.8, 4) is 0 Å². The van der Waals surface area contributed by atoms with Crippen molar-refractivity contribution in [1.82, 2.24) is 4.90 Å². The molecule has 1 fully saturated rings. The number of thioether (sulfide) groups is 1. The summed E-state index contributed by atoms with van der Waals surface area (Å²) < 4.78 is 0.967. The molecule has 2 aromatic carbocycles. The lowest BCUT2D eigenvalue weighted by atomic mass is 9.87. The van der Waals surface area contributed by atoms with E-state index in [-0.39, 0.29) is 23.1 Å². The van der Waals surface area contributed by atoms with Crippen molar-refractivity contribution in [2.24, 2.45) is 0 Å². The summed E-state index contributed by atoms with van der Waals surface area (Å²) in [5.74, 6) is -0.234. The van der Waals surface area contributed by atoms with Crippen molar-refractivity contribution in [3.05, 3.63) is 74.6 Å². The normalized spacial score (nSPS) is 16.6. The molecule has 5 heteroatoms. The van der Waals surface area contributed by atoms with Crippen LogP contribution < -0.4 is 0 Å². The summed E-state index contributed by atoms with van der Waals surface area (Å²) in [6, 6.07) is 15.7. The molecule has 0 unspecified atom stereocenters. The number of hydrogen-bond acceptors (Lipinski definition) is 3. The van der Waals surface area contributed by atoms with E-state index < -0.39 is 0 Å². The van der Waals surface area contributed by atoms with Crippen LogP contribution in [-0.4, -0.2) is 16.0 Å². The van der Waals surface area contributed by atoms with Crippen molar-refractivity contribution in [3.63, 3.8) is 0 Å². The third kappa shape index (κ3) is 4.27. The number of amides is 2. The second-order valence-electron chi connectivity index (χ2n) is 7.27. The third-order valence-corrected chi connectivity index (χ3v) is 5.64. The fourth-order valence-corrected chi connectivity index (χ4v) is 3.74.